The zero-order valence-corrected chi connectivity index (χ0v) is 12.8. The van der Waals surface area contributed by atoms with E-state index in [1.165, 1.54) is 11.1 Å². The van der Waals surface area contributed by atoms with Gasteiger partial charge in [0, 0.05) is 6.42 Å². The molecule has 0 saturated carbocycles. The number of carbonyl (C=O) groups is 1. The van der Waals surface area contributed by atoms with E-state index in [-0.39, 0.29) is 5.78 Å². The topological polar surface area (TPSA) is 17.1 Å². The van der Waals surface area contributed by atoms with Crippen molar-refractivity contribution in [3.8, 4) is 0 Å². The van der Waals surface area contributed by atoms with Crippen molar-refractivity contribution >= 4 is 11.9 Å². The first-order valence-electron chi connectivity index (χ1n) is 7.47. The molecule has 0 saturated heterocycles. The highest BCUT2D eigenvalue weighted by atomic mass is 16.1. The van der Waals surface area contributed by atoms with Crippen LogP contribution in [0.1, 0.15) is 42.4 Å². The quantitative estimate of drug-likeness (QED) is 0.667. The van der Waals surface area contributed by atoms with Crippen LogP contribution in [0.15, 0.2) is 60.7 Å². The van der Waals surface area contributed by atoms with Gasteiger partial charge in [-0.15, -0.1) is 0 Å². The van der Waals surface area contributed by atoms with Gasteiger partial charge in [0.25, 0.3) is 0 Å². The van der Waals surface area contributed by atoms with Crippen LogP contribution in [0.3, 0.4) is 0 Å². The average Bonchev–Trinajstić information content (AvgIpc) is 2.52. The second-order valence-corrected chi connectivity index (χ2v) is 5.56. The molecule has 1 nitrogen and oxygen atoms in total. The molecular weight excluding hydrogens is 256 g/mol. The highest BCUT2D eigenvalue weighted by Gasteiger charge is 2.07. The molecule has 0 aliphatic carbocycles. The van der Waals surface area contributed by atoms with E-state index in [9.17, 15) is 4.79 Å². The summed E-state index contributed by atoms with van der Waals surface area (Å²) >= 11 is 0. The number of carbonyl (C=O) groups excluding carboxylic acids is 1. The van der Waals surface area contributed by atoms with Gasteiger partial charge in [-0.25, -0.2) is 0 Å². The van der Waals surface area contributed by atoms with Crippen LogP contribution in [0.5, 0.6) is 0 Å². The van der Waals surface area contributed by atoms with Gasteiger partial charge in [0.1, 0.15) is 0 Å². The molecule has 0 fully saturated rings. The molecule has 0 aliphatic heterocycles. The Labute approximate surface area is 127 Å². The lowest BCUT2D eigenvalue weighted by Gasteiger charge is -2.10. The fourth-order valence-corrected chi connectivity index (χ4v) is 2.26. The summed E-state index contributed by atoms with van der Waals surface area (Å²) in [5.74, 6) is 0.609. The van der Waals surface area contributed by atoms with Crippen LogP contribution < -0.4 is 0 Å². The second-order valence-electron chi connectivity index (χ2n) is 5.56. The van der Waals surface area contributed by atoms with E-state index in [0.717, 1.165) is 12.0 Å². The Morgan fingerprint density at radius 2 is 1.71 bits per heavy atom. The standard InChI is InChI=1S/C20H22O/c1-16-8-12-19(13-9-16)17(2)10-14-20(21)15-11-18-6-4-3-5-7-18/h3-9,11-13,15,17H,10,14H2,1-2H3/b15-11-/t17-/m0/s1. The maximum Gasteiger partial charge on any atom is 0.155 e. The molecule has 0 N–H and O–H groups in total. The summed E-state index contributed by atoms with van der Waals surface area (Å²) < 4.78 is 0. The lowest BCUT2D eigenvalue weighted by atomic mass is 9.94. The summed E-state index contributed by atoms with van der Waals surface area (Å²) in [4.78, 5) is 11.9. The van der Waals surface area contributed by atoms with Crippen LogP contribution in [0.25, 0.3) is 6.08 Å². The number of allylic oxidation sites excluding steroid dienone is 1. The van der Waals surface area contributed by atoms with Gasteiger partial charge in [-0.05, 0) is 36.5 Å². The number of rotatable bonds is 6. The molecule has 0 unspecified atom stereocenters. The third kappa shape index (κ3) is 5.03. The smallest absolute Gasteiger partial charge is 0.155 e. The van der Waals surface area contributed by atoms with Gasteiger partial charge in [-0.3, -0.25) is 4.79 Å². The molecule has 0 aliphatic rings. The van der Waals surface area contributed by atoms with Crippen molar-refractivity contribution in [2.75, 3.05) is 0 Å². The third-order valence-electron chi connectivity index (χ3n) is 3.73. The molecule has 2 aromatic rings. The Morgan fingerprint density at radius 3 is 2.38 bits per heavy atom. The van der Waals surface area contributed by atoms with Crippen molar-refractivity contribution < 1.29 is 4.79 Å². The Kier molecular flexibility index (Phi) is 5.51. The summed E-state index contributed by atoms with van der Waals surface area (Å²) in [7, 11) is 0. The van der Waals surface area contributed by atoms with Gasteiger partial charge in [-0.2, -0.15) is 0 Å². The first-order chi connectivity index (χ1) is 10.1. The highest BCUT2D eigenvalue weighted by molar-refractivity contribution is 5.93. The van der Waals surface area contributed by atoms with Gasteiger partial charge >= 0.3 is 0 Å². The monoisotopic (exact) mass is 278 g/mol. The van der Waals surface area contributed by atoms with E-state index in [1.54, 1.807) is 6.08 Å². The Bertz CT molecular complexity index is 593. The van der Waals surface area contributed by atoms with Crippen LogP contribution in [0.2, 0.25) is 0 Å². The third-order valence-corrected chi connectivity index (χ3v) is 3.73. The minimum atomic E-state index is 0.192. The molecule has 21 heavy (non-hydrogen) atoms. The molecule has 0 spiro atoms. The number of benzene rings is 2. The van der Waals surface area contributed by atoms with Crippen LogP contribution in [-0.2, 0) is 4.79 Å². The van der Waals surface area contributed by atoms with Gasteiger partial charge in [0.05, 0.1) is 0 Å². The van der Waals surface area contributed by atoms with E-state index in [2.05, 4.69) is 38.1 Å². The van der Waals surface area contributed by atoms with Gasteiger partial charge in [-0.1, -0.05) is 73.2 Å². The van der Waals surface area contributed by atoms with Gasteiger partial charge < -0.3 is 0 Å². The average molecular weight is 278 g/mol. The van der Waals surface area contributed by atoms with Crippen molar-refractivity contribution in [2.45, 2.75) is 32.6 Å². The molecule has 0 heterocycles. The lowest BCUT2D eigenvalue weighted by molar-refractivity contribution is -0.114. The van der Waals surface area contributed by atoms with Crippen molar-refractivity contribution in [1.82, 2.24) is 0 Å². The first kappa shape index (κ1) is 15.2. The normalized spacial score (nSPS) is 12.5. The van der Waals surface area contributed by atoms with E-state index in [1.807, 2.05) is 36.4 Å². The molecule has 0 aromatic heterocycles. The number of ketones is 1. The Morgan fingerprint density at radius 1 is 1.05 bits per heavy atom. The maximum absolute atomic E-state index is 11.9. The number of hydrogen-bond acceptors (Lipinski definition) is 1. The summed E-state index contributed by atoms with van der Waals surface area (Å²) in [5.41, 5.74) is 3.64. The fourth-order valence-electron chi connectivity index (χ4n) is 2.26. The molecular formula is C20H22O. The van der Waals surface area contributed by atoms with Gasteiger partial charge in [0.15, 0.2) is 5.78 Å². The van der Waals surface area contributed by atoms with Crippen molar-refractivity contribution in [1.29, 1.82) is 0 Å². The fraction of sp³-hybridized carbons (Fsp3) is 0.250. The number of aryl methyl sites for hydroxylation is 1. The molecule has 2 aromatic carbocycles. The summed E-state index contributed by atoms with van der Waals surface area (Å²) in [5, 5.41) is 0. The molecule has 0 bridgehead atoms. The van der Waals surface area contributed by atoms with Crippen LogP contribution in [-0.4, -0.2) is 5.78 Å². The molecule has 1 atom stereocenters. The van der Waals surface area contributed by atoms with Crippen molar-refractivity contribution in [2.24, 2.45) is 0 Å². The first-order valence-corrected chi connectivity index (χ1v) is 7.47. The van der Waals surface area contributed by atoms with Crippen LogP contribution in [0.4, 0.5) is 0 Å². The van der Waals surface area contributed by atoms with E-state index in [4.69, 9.17) is 0 Å². The lowest BCUT2D eigenvalue weighted by Crippen LogP contribution is -1.99. The molecule has 2 rings (SSSR count). The van der Waals surface area contributed by atoms with Crippen molar-refractivity contribution in [3.63, 3.8) is 0 Å². The summed E-state index contributed by atoms with van der Waals surface area (Å²) in [6.07, 6.45) is 5.06. The van der Waals surface area contributed by atoms with Crippen molar-refractivity contribution in [3.05, 3.63) is 77.4 Å². The minimum absolute atomic E-state index is 0.192. The van der Waals surface area contributed by atoms with E-state index < -0.39 is 0 Å². The Balaban J connectivity index is 1.83. The minimum Gasteiger partial charge on any atom is -0.295 e. The second kappa shape index (κ2) is 7.58. The summed E-state index contributed by atoms with van der Waals surface area (Å²) in [6, 6.07) is 18.5. The predicted octanol–water partition coefficient (Wildman–Crippen LogP) is 5.16. The Hall–Kier alpha value is -2.15. The number of hydrogen-bond donors (Lipinski definition) is 0. The molecule has 1 heteroatoms. The SMILES string of the molecule is Cc1ccc([C@@H](C)CCC(=O)/C=C\c2ccccc2)cc1. The van der Waals surface area contributed by atoms with E-state index in [0.29, 0.717) is 12.3 Å². The predicted molar refractivity (Wildman–Crippen MR) is 89.3 cm³/mol. The zero-order chi connectivity index (χ0) is 15.1. The molecule has 0 amide bonds. The zero-order valence-electron chi connectivity index (χ0n) is 12.8. The highest BCUT2D eigenvalue weighted by Crippen LogP contribution is 2.21. The van der Waals surface area contributed by atoms with Crippen LogP contribution >= 0.6 is 0 Å². The van der Waals surface area contributed by atoms with Gasteiger partial charge in [0.2, 0.25) is 0 Å². The van der Waals surface area contributed by atoms with E-state index >= 15 is 0 Å². The molecule has 108 valence electrons. The molecule has 0 radical (unpaired) electrons. The summed E-state index contributed by atoms with van der Waals surface area (Å²) in [6.45, 7) is 4.27. The maximum atomic E-state index is 11.9. The largest absolute Gasteiger partial charge is 0.295 e. The van der Waals surface area contributed by atoms with Crippen LogP contribution in [0, 0.1) is 6.92 Å².